The molecule has 0 aliphatic heterocycles. The SMILES string of the molecule is Cc1ccc(CC(=O)C[C@H](CCC(=O)[O-])c2noc(-c3nnc(CC(C)C)s3)c2C2CC2)c(Cl)c1.[Na+]. The molecule has 1 aliphatic rings. The number of aliphatic carboxylic acids is 1. The molecule has 36 heavy (non-hydrogen) atoms. The number of carboxylic acid groups (broad SMARTS) is 1. The Morgan fingerprint density at radius 1 is 1.25 bits per heavy atom. The van der Waals surface area contributed by atoms with Gasteiger partial charge in [0, 0.05) is 41.7 Å². The van der Waals surface area contributed by atoms with Crippen LogP contribution in [-0.2, 0) is 22.4 Å². The van der Waals surface area contributed by atoms with E-state index in [9.17, 15) is 14.7 Å². The summed E-state index contributed by atoms with van der Waals surface area (Å²) in [5.41, 5.74) is 3.39. The zero-order valence-corrected chi connectivity index (χ0v) is 24.7. The number of halogens is 1. The Bertz CT molecular complexity index is 1220. The molecular weight excluding hydrogens is 509 g/mol. The second kappa shape index (κ2) is 12.8. The topological polar surface area (TPSA) is 109 Å². The molecule has 4 rings (SSSR count). The fraction of sp³-hybridized carbons (Fsp3) is 0.500. The molecule has 1 fully saturated rings. The predicted octanol–water partition coefficient (Wildman–Crippen LogP) is 2.05. The molecule has 2 heterocycles. The van der Waals surface area contributed by atoms with E-state index in [2.05, 4.69) is 29.2 Å². The quantitative estimate of drug-likeness (QED) is 0.325. The van der Waals surface area contributed by atoms with Gasteiger partial charge in [-0.15, -0.1) is 10.2 Å². The van der Waals surface area contributed by atoms with Gasteiger partial charge in [0.1, 0.15) is 10.8 Å². The molecule has 3 aromatic rings. The van der Waals surface area contributed by atoms with Gasteiger partial charge in [-0.1, -0.05) is 54.1 Å². The molecular formula is C26H29ClN3NaO4S. The average Bonchev–Trinajstić information content (AvgIpc) is 3.36. The van der Waals surface area contributed by atoms with Crippen LogP contribution in [0.1, 0.15) is 85.2 Å². The second-order valence-corrected chi connectivity index (χ2v) is 11.3. The Kier molecular flexibility index (Phi) is 10.3. The molecule has 0 bridgehead atoms. The number of carbonyl (C=O) groups is 2. The van der Waals surface area contributed by atoms with Gasteiger partial charge in [0.05, 0.1) is 5.69 Å². The van der Waals surface area contributed by atoms with Crippen molar-refractivity contribution in [1.82, 2.24) is 15.4 Å². The molecule has 186 valence electrons. The fourth-order valence-corrected chi connectivity index (χ4v) is 5.63. The van der Waals surface area contributed by atoms with Gasteiger partial charge in [-0.3, -0.25) is 4.79 Å². The summed E-state index contributed by atoms with van der Waals surface area (Å²) in [6.07, 6.45) is 3.25. The third-order valence-electron chi connectivity index (χ3n) is 6.14. The minimum absolute atomic E-state index is 0. The number of rotatable bonds is 12. The number of ketones is 1. The number of carboxylic acids is 1. The van der Waals surface area contributed by atoms with Crippen molar-refractivity contribution >= 4 is 34.7 Å². The molecule has 1 saturated carbocycles. The van der Waals surface area contributed by atoms with E-state index < -0.39 is 5.97 Å². The number of hydrogen-bond acceptors (Lipinski definition) is 8. The molecule has 1 aromatic carbocycles. The number of nitrogens with zero attached hydrogens (tertiary/aromatic N) is 3. The number of aryl methyl sites for hydroxylation is 1. The van der Waals surface area contributed by atoms with Gasteiger partial charge >= 0.3 is 29.6 Å². The molecule has 0 amide bonds. The smallest absolute Gasteiger partial charge is 0.550 e. The Morgan fingerprint density at radius 2 is 2.00 bits per heavy atom. The van der Waals surface area contributed by atoms with Gasteiger partial charge in [-0.25, -0.2) is 0 Å². The minimum Gasteiger partial charge on any atom is -0.550 e. The number of aromatic nitrogens is 3. The number of Topliss-reactive ketones (excluding diaryl/α,β-unsaturated/α-hetero) is 1. The van der Waals surface area contributed by atoms with E-state index in [1.807, 2.05) is 25.1 Å². The van der Waals surface area contributed by atoms with Gasteiger partial charge in [0.25, 0.3) is 0 Å². The van der Waals surface area contributed by atoms with Crippen molar-refractivity contribution in [3.05, 3.63) is 50.6 Å². The molecule has 7 nitrogen and oxygen atoms in total. The van der Waals surface area contributed by atoms with Crippen LogP contribution >= 0.6 is 22.9 Å². The van der Waals surface area contributed by atoms with Crippen LogP contribution in [0.5, 0.6) is 0 Å². The van der Waals surface area contributed by atoms with E-state index in [-0.39, 0.29) is 72.9 Å². The Labute approximate surface area is 242 Å². The summed E-state index contributed by atoms with van der Waals surface area (Å²) >= 11 is 7.83. The first-order valence-corrected chi connectivity index (χ1v) is 13.2. The molecule has 10 heteroatoms. The van der Waals surface area contributed by atoms with Gasteiger partial charge < -0.3 is 14.4 Å². The Morgan fingerprint density at radius 3 is 2.64 bits per heavy atom. The standard InChI is InChI=1S/C26H30ClN3O4S.Na/c1-14(2)10-21-28-29-26(35-21)25-23(16-6-7-16)24(30-34-25)18(8-9-22(32)33)13-19(31)12-17-5-4-15(3)11-20(17)27;/h4-5,11,14,16,18H,6-10,12-13H2,1-3H3,(H,32,33);/q;+1/p-1/t18-;/m0./s1. The maximum Gasteiger partial charge on any atom is 1.00 e. The van der Waals surface area contributed by atoms with Crippen LogP contribution in [0.25, 0.3) is 10.8 Å². The number of hydrogen-bond donors (Lipinski definition) is 0. The molecule has 0 radical (unpaired) electrons. The molecule has 1 aliphatic carbocycles. The summed E-state index contributed by atoms with van der Waals surface area (Å²) in [6, 6.07) is 5.62. The van der Waals surface area contributed by atoms with Crippen molar-refractivity contribution in [2.75, 3.05) is 0 Å². The van der Waals surface area contributed by atoms with Crippen molar-refractivity contribution in [1.29, 1.82) is 0 Å². The first-order valence-electron chi connectivity index (χ1n) is 12.0. The van der Waals surface area contributed by atoms with E-state index in [1.165, 1.54) is 11.3 Å². The molecule has 2 aromatic heterocycles. The average molecular weight is 538 g/mol. The Balaban J connectivity index is 0.00000361. The third kappa shape index (κ3) is 7.48. The minimum atomic E-state index is -1.15. The largest absolute Gasteiger partial charge is 1.00 e. The van der Waals surface area contributed by atoms with Crippen molar-refractivity contribution in [3.8, 4) is 10.8 Å². The number of benzene rings is 1. The summed E-state index contributed by atoms with van der Waals surface area (Å²) in [4.78, 5) is 24.3. The van der Waals surface area contributed by atoms with Crippen LogP contribution < -0.4 is 34.7 Å². The van der Waals surface area contributed by atoms with Crippen LogP contribution in [0.15, 0.2) is 22.7 Å². The van der Waals surface area contributed by atoms with Crippen LogP contribution in [0.4, 0.5) is 0 Å². The second-order valence-electron chi connectivity index (χ2n) is 9.81. The number of carbonyl (C=O) groups excluding carboxylic acids is 2. The molecule has 1 atom stereocenters. The Hall–Kier alpha value is -1.58. The summed E-state index contributed by atoms with van der Waals surface area (Å²) in [5, 5.41) is 26.4. The maximum absolute atomic E-state index is 13.1. The molecule has 0 unspecified atom stereocenters. The van der Waals surface area contributed by atoms with E-state index >= 15 is 0 Å². The summed E-state index contributed by atoms with van der Waals surface area (Å²) in [7, 11) is 0. The first kappa shape index (κ1) is 29.0. The van der Waals surface area contributed by atoms with Crippen molar-refractivity contribution in [3.63, 3.8) is 0 Å². The van der Waals surface area contributed by atoms with Crippen LogP contribution in [0.3, 0.4) is 0 Å². The fourth-order valence-electron chi connectivity index (χ4n) is 4.28. The van der Waals surface area contributed by atoms with Crippen LogP contribution in [-0.4, -0.2) is 27.1 Å². The summed E-state index contributed by atoms with van der Waals surface area (Å²) in [5.74, 6) is -0.228. The maximum atomic E-state index is 13.1. The normalized spacial score (nSPS) is 14.0. The molecule has 0 N–H and O–H groups in total. The third-order valence-corrected chi connectivity index (χ3v) is 7.44. The first-order chi connectivity index (χ1) is 16.7. The van der Waals surface area contributed by atoms with Crippen molar-refractivity contribution in [2.45, 2.75) is 77.6 Å². The monoisotopic (exact) mass is 537 g/mol. The van der Waals surface area contributed by atoms with E-state index in [0.717, 1.165) is 41.0 Å². The van der Waals surface area contributed by atoms with Gasteiger partial charge in [0.2, 0.25) is 5.76 Å². The van der Waals surface area contributed by atoms with Gasteiger partial charge in [0.15, 0.2) is 5.01 Å². The molecule has 0 saturated heterocycles. The van der Waals surface area contributed by atoms with Crippen LogP contribution in [0, 0.1) is 12.8 Å². The van der Waals surface area contributed by atoms with E-state index in [4.69, 9.17) is 16.1 Å². The van der Waals surface area contributed by atoms with Crippen molar-refractivity contribution < 1.29 is 48.8 Å². The van der Waals surface area contributed by atoms with Gasteiger partial charge in [-0.05, 0) is 61.6 Å². The molecule has 0 spiro atoms. The van der Waals surface area contributed by atoms with Crippen LogP contribution in [0.2, 0.25) is 5.02 Å². The van der Waals surface area contributed by atoms with E-state index in [1.54, 1.807) is 0 Å². The van der Waals surface area contributed by atoms with E-state index in [0.29, 0.717) is 27.4 Å². The van der Waals surface area contributed by atoms with Crippen molar-refractivity contribution in [2.24, 2.45) is 5.92 Å². The zero-order chi connectivity index (χ0) is 25.1. The summed E-state index contributed by atoms with van der Waals surface area (Å²) < 4.78 is 5.78. The van der Waals surface area contributed by atoms with Gasteiger partial charge in [-0.2, -0.15) is 0 Å². The zero-order valence-electron chi connectivity index (χ0n) is 21.2. The predicted molar refractivity (Wildman–Crippen MR) is 132 cm³/mol. The summed E-state index contributed by atoms with van der Waals surface area (Å²) in [6.45, 7) is 6.21.